The van der Waals surface area contributed by atoms with E-state index in [0.29, 0.717) is 32.0 Å². The van der Waals surface area contributed by atoms with Gasteiger partial charge in [-0.05, 0) is 36.5 Å². The van der Waals surface area contributed by atoms with Gasteiger partial charge in [-0.2, -0.15) is 0 Å². The van der Waals surface area contributed by atoms with Gasteiger partial charge in [-0.1, -0.05) is 47.0 Å². The van der Waals surface area contributed by atoms with E-state index in [1.54, 1.807) is 0 Å². The molecule has 0 bridgehead atoms. The fraction of sp³-hybridized carbons (Fsp3) is 0.778. The Morgan fingerprint density at radius 1 is 0.848 bits per heavy atom. The molecule has 0 atom stereocenters. The number of hydrogen-bond acceptors (Lipinski definition) is 6. The van der Waals surface area contributed by atoms with Crippen LogP contribution in [0.15, 0.2) is 11.8 Å². The van der Waals surface area contributed by atoms with Crippen molar-refractivity contribution < 1.29 is 43.7 Å². The molecule has 2 aliphatic heterocycles. The van der Waals surface area contributed by atoms with Crippen molar-refractivity contribution in [1.82, 2.24) is 9.80 Å². The molecule has 1 aliphatic carbocycles. The highest BCUT2D eigenvalue weighted by atomic mass is 32.5. The van der Waals surface area contributed by atoms with Gasteiger partial charge in [-0.15, -0.1) is 0 Å². The molecule has 196 valence electrons. The summed E-state index contributed by atoms with van der Waals surface area (Å²) in [5.41, 5.74) is 0.568. The monoisotopic (exact) mass is 552 g/mol. The van der Waals surface area contributed by atoms with Gasteiger partial charge in [0, 0.05) is 25.2 Å². The predicted molar refractivity (Wildman–Crippen MR) is 134 cm³/mol. The minimum atomic E-state index is -3.81. The Labute approximate surface area is 206 Å². The van der Waals surface area contributed by atoms with Crippen molar-refractivity contribution in [3.63, 3.8) is 0 Å². The lowest BCUT2D eigenvalue weighted by molar-refractivity contribution is -0.141. The molecule has 0 unspecified atom stereocenters. The largest absolute Gasteiger partial charge is 0.378 e. The highest BCUT2D eigenvalue weighted by molar-refractivity contribution is 8.06. The number of rotatable bonds is 2. The molecule has 2 amide bonds. The maximum atomic E-state index is 12.5. The van der Waals surface area contributed by atoms with Gasteiger partial charge in [0.2, 0.25) is 0 Å². The number of carbonyl (C=O) groups is 2. The highest BCUT2D eigenvalue weighted by Crippen LogP contribution is 2.28. The molecule has 3 aliphatic rings. The molecule has 0 aromatic carbocycles. The second kappa shape index (κ2) is 18.0. The number of ether oxygens (including phenoxy) is 1. The van der Waals surface area contributed by atoms with Crippen LogP contribution in [0.1, 0.15) is 59.8 Å². The summed E-state index contributed by atoms with van der Waals surface area (Å²) in [5.74, 6) is -0.225. The third-order valence-corrected chi connectivity index (χ3v) is 4.23. The fourth-order valence-electron chi connectivity index (χ4n) is 3.19. The van der Waals surface area contributed by atoms with Gasteiger partial charge in [0.1, 0.15) is 5.70 Å². The van der Waals surface area contributed by atoms with Gasteiger partial charge in [0.05, 0.1) is 13.2 Å². The van der Waals surface area contributed by atoms with E-state index in [1.807, 2.05) is 32.6 Å². The number of carbonyl (C=O) groups excluding carboxylic acids is 2. The predicted octanol–water partition coefficient (Wildman–Crippen LogP) is 1.33. The van der Waals surface area contributed by atoms with E-state index < -0.39 is 13.4 Å². The van der Waals surface area contributed by atoms with E-state index in [0.717, 1.165) is 25.7 Å². The molecule has 0 spiro atoms. The van der Waals surface area contributed by atoms with Crippen LogP contribution < -0.4 is 0 Å². The van der Waals surface area contributed by atoms with E-state index in [4.69, 9.17) is 34.1 Å². The summed E-state index contributed by atoms with van der Waals surface area (Å²) in [6, 6.07) is 0.114. The summed E-state index contributed by atoms with van der Waals surface area (Å²) in [6.45, 7) is 3.04. The Bertz CT molecular complexity index is 664. The normalized spacial score (nSPS) is 18.9. The maximum Gasteiger partial charge on any atom is 0.319 e. The molecule has 15 heteroatoms. The van der Waals surface area contributed by atoms with Crippen molar-refractivity contribution >= 4 is 48.9 Å². The van der Waals surface area contributed by atoms with Crippen LogP contribution in [0.5, 0.6) is 0 Å². The third kappa shape index (κ3) is 17.7. The lowest BCUT2D eigenvalue weighted by atomic mass is 9.94. The molecule has 33 heavy (non-hydrogen) atoms. The van der Waals surface area contributed by atoms with Crippen LogP contribution in [0.4, 0.5) is 0 Å². The average molecular weight is 553 g/mol. The number of hydrogen-bond donors (Lipinski definition) is 6. The maximum absolute atomic E-state index is 12.5. The Hall–Kier alpha value is -0.300. The quantitative estimate of drug-likeness (QED) is 0.215. The topological polar surface area (TPSA) is 171 Å². The number of nitrogens with zero attached hydrogens (tertiary/aromatic N) is 2. The molecule has 0 aromatic heterocycles. The van der Waals surface area contributed by atoms with Crippen molar-refractivity contribution in [2.75, 3.05) is 26.3 Å². The van der Waals surface area contributed by atoms with Gasteiger partial charge < -0.3 is 39.0 Å². The Kier molecular flexibility index (Phi) is 19.1. The van der Waals surface area contributed by atoms with Crippen LogP contribution in [0.25, 0.3) is 0 Å². The first-order valence-electron chi connectivity index (χ1n) is 10.8. The lowest BCUT2D eigenvalue weighted by Crippen LogP contribution is -2.44. The van der Waals surface area contributed by atoms with Crippen molar-refractivity contribution in [3.8, 4) is 0 Å². The molecule has 0 aromatic rings. The van der Waals surface area contributed by atoms with E-state index >= 15 is 0 Å². The van der Waals surface area contributed by atoms with Crippen molar-refractivity contribution in [2.24, 2.45) is 0 Å². The minimum absolute atomic E-state index is 0.0983. The molecule has 3 rings (SSSR count). The van der Waals surface area contributed by atoms with Crippen LogP contribution >= 0.6 is 13.4 Å². The van der Waals surface area contributed by atoms with Gasteiger partial charge in [0.25, 0.3) is 11.8 Å². The standard InChI is InChI=1S/C14H20N2O3.2C2H6.2H3O3PS/c17-13-10-12(15-6-8-19-9-7-15)14(18)16(13)11-4-2-1-3-5-11;2*1-2;2*1-4(2,3)5/h10-11H,1-9H2;2*1-2H3;2*(H3,1,2,3,5). The molecular formula is C18H38N2O9P2S2. The van der Waals surface area contributed by atoms with Gasteiger partial charge in [0.15, 0.2) is 0 Å². The second-order valence-electron chi connectivity index (χ2n) is 6.46. The Balaban J connectivity index is 0. The van der Waals surface area contributed by atoms with Crippen LogP contribution in [0, 0.1) is 0 Å². The fourth-order valence-corrected chi connectivity index (χ4v) is 3.19. The van der Waals surface area contributed by atoms with Crippen molar-refractivity contribution in [1.29, 1.82) is 0 Å². The van der Waals surface area contributed by atoms with E-state index in [2.05, 4.69) is 23.6 Å². The Morgan fingerprint density at radius 3 is 1.64 bits per heavy atom. The summed E-state index contributed by atoms with van der Waals surface area (Å²) in [6.07, 6.45) is 6.89. The number of amides is 2. The molecule has 0 radical (unpaired) electrons. The SMILES string of the molecule is CC.CC.O=C1C=C(N2CCOCC2)C(=O)N1C1CCCCC1.OP(O)(O)=S.OP(O)(O)=S. The zero-order valence-electron chi connectivity index (χ0n) is 19.5. The molecule has 1 saturated heterocycles. The summed E-state index contributed by atoms with van der Waals surface area (Å²) in [5, 5.41) is 0. The summed E-state index contributed by atoms with van der Waals surface area (Å²) in [7, 11) is 0. The zero-order valence-corrected chi connectivity index (χ0v) is 23.0. The summed E-state index contributed by atoms with van der Waals surface area (Å²) >= 11 is 7.21. The summed E-state index contributed by atoms with van der Waals surface area (Å²) < 4.78 is 5.29. The van der Waals surface area contributed by atoms with E-state index in [-0.39, 0.29) is 17.9 Å². The van der Waals surface area contributed by atoms with Crippen LogP contribution in [0.3, 0.4) is 0 Å². The second-order valence-corrected chi connectivity index (χ2v) is 11.5. The van der Waals surface area contributed by atoms with E-state index in [1.165, 1.54) is 17.4 Å². The zero-order chi connectivity index (χ0) is 26.2. The molecule has 2 fully saturated rings. The first-order chi connectivity index (χ1) is 15.3. The molecular weight excluding hydrogens is 514 g/mol. The lowest BCUT2D eigenvalue weighted by Gasteiger charge is -2.32. The van der Waals surface area contributed by atoms with Crippen LogP contribution in [-0.4, -0.2) is 83.3 Å². The van der Waals surface area contributed by atoms with Gasteiger partial charge in [-0.25, -0.2) is 0 Å². The first kappa shape index (κ1) is 34.9. The highest BCUT2D eigenvalue weighted by Gasteiger charge is 2.39. The molecule has 1 saturated carbocycles. The smallest absolute Gasteiger partial charge is 0.319 e. The molecule has 6 N–H and O–H groups in total. The Morgan fingerprint density at radius 2 is 1.24 bits per heavy atom. The number of morpholine rings is 1. The first-order valence-corrected chi connectivity index (χ1v) is 16.1. The van der Waals surface area contributed by atoms with Crippen LogP contribution in [0.2, 0.25) is 0 Å². The minimum Gasteiger partial charge on any atom is -0.378 e. The number of imide groups is 1. The molecule has 2 heterocycles. The summed E-state index contributed by atoms with van der Waals surface area (Å²) in [4.78, 5) is 73.4. The van der Waals surface area contributed by atoms with Crippen molar-refractivity contribution in [2.45, 2.75) is 65.8 Å². The van der Waals surface area contributed by atoms with Crippen LogP contribution in [-0.2, 0) is 37.9 Å². The van der Waals surface area contributed by atoms with E-state index in [9.17, 15) is 9.59 Å². The third-order valence-electron chi connectivity index (χ3n) is 4.23. The molecule has 11 nitrogen and oxygen atoms in total. The average Bonchev–Trinajstić information content (AvgIpc) is 3.04. The van der Waals surface area contributed by atoms with Crippen molar-refractivity contribution in [3.05, 3.63) is 11.8 Å². The van der Waals surface area contributed by atoms with Gasteiger partial charge in [-0.3, -0.25) is 14.5 Å². The van der Waals surface area contributed by atoms with Gasteiger partial charge >= 0.3 is 13.4 Å².